The molecule has 0 aliphatic heterocycles. The minimum Gasteiger partial charge on any atom is -0.378 e. The lowest BCUT2D eigenvalue weighted by Gasteiger charge is -2.30. The van der Waals surface area contributed by atoms with Gasteiger partial charge in [-0.2, -0.15) is 60.7 Å². The van der Waals surface area contributed by atoms with Gasteiger partial charge in [0.2, 0.25) is 0 Å². The molecule has 0 spiro atoms. The molecule has 39 heavy (non-hydrogen) atoms. The smallest absolute Gasteiger partial charge is 0.378 e. The number of sulfonamides is 1. The molecule has 2 aromatic rings. The van der Waals surface area contributed by atoms with Crippen molar-refractivity contribution in [2.75, 3.05) is 0 Å². The fourth-order valence-electron chi connectivity index (χ4n) is 3.18. The van der Waals surface area contributed by atoms with Gasteiger partial charge < -0.3 is 4.18 Å². The zero-order chi connectivity index (χ0) is 30.2. The average Bonchev–Trinajstić information content (AvgIpc) is 2.81. The van der Waals surface area contributed by atoms with Crippen LogP contribution < -0.4 is 4.18 Å². The first-order valence-corrected chi connectivity index (χ1v) is 13.5. The lowest BCUT2D eigenvalue weighted by atomic mass is 9.94. The van der Waals surface area contributed by atoms with Crippen LogP contribution in [-0.2, 0) is 20.1 Å². The Hall–Kier alpha value is -2.82. The van der Waals surface area contributed by atoms with E-state index in [1.165, 1.54) is 13.0 Å². The van der Waals surface area contributed by atoms with Gasteiger partial charge in [0, 0.05) is 5.56 Å². The number of halogens is 9. The molecule has 0 heterocycles. The van der Waals surface area contributed by atoms with Crippen LogP contribution in [0.2, 0.25) is 0 Å². The summed E-state index contributed by atoms with van der Waals surface area (Å²) < 4.78 is 180. The van der Waals surface area contributed by atoms with Crippen molar-refractivity contribution < 1.29 is 60.5 Å². The van der Waals surface area contributed by atoms with Crippen molar-refractivity contribution in [2.24, 2.45) is 4.40 Å². The van der Waals surface area contributed by atoms with E-state index in [4.69, 9.17) is 0 Å². The molecule has 1 unspecified atom stereocenters. The van der Waals surface area contributed by atoms with Gasteiger partial charge in [0.05, 0.1) is 0 Å². The van der Waals surface area contributed by atoms with E-state index in [0.29, 0.717) is 24.1 Å². The number of benzene rings is 2. The third-order valence-electron chi connectivity index (χ3n) is 5.49. The molecule has 0 saturated heterocycles. The van der Waals surface area contributed by atoms with Gasteiger partial charge in [-0.25, -0.2) is 0 Å². The topological polar surface area (TPSA) is 89.9 Å². The Bertz CT molecular complexity index is 1440. The van der Waals surface area contributed by atoms with Crippen molar-refractivity contribution in [3.63, 3.8) is 0 Å². The Kier molecular flexibility index (Phi) is 8.83. The van der Waals surface area contributed by atoms with E-state index < -0.39 is 59.8 Å². The molecule has 0 amide bonds. The zero-order valence-electron chi connectivity index (χ0n) is 20.1. The Morgan fingerprint density at radius 3 is 1.87 bits per heavy atom. The minimum atomic E-state index is -7.50. The van der Waals surface area contributed by atoms with Gasteiger partial charge in [-0.3, -0.25) is 0 Å². The van der Waals surface area contributed by atoms with Gasteiger partial charge in [0.25, 0.3) is 0 Å². The molecule has 0 fully saturated rings. The van der Waals surface area contributed by atoms with E-state index in [2.05, 4.69) is 4.18 Å². The summed E-state index contributed by atoms with van der Waals surface area (Å²) in [5, 5.41) is -14.1. The second-order valence-corrected chi connectivity index (χ2v) is 11.5. The minimum absolute atomic E-state index is 0.108. The van der Waals surface area contributed by atoms with E-state index >= 15 is 0 Å². The fourth-order valence-corrected chi connectivity index (χ4v) is 5.17. The molecule has 2 rings (SSSR count). The third kappa shape index (κ3) is 6.02. The van der Waals surface area contributed by atoms with E-state index in [1.54, 1.807) is 18.2 Å². The normalized spacial score (nSPS) is 15.2. The van der Waals surface area contributed by atoms with Crippen molar-refractivity contribution in [3.05, 3.63) is 65.2 Å². The standard InChI is InChI=1S/C22H20F9NO5S2/c1-4-13(2)17-11-10-16(12-14(17)3)37-39(35,36)22(30,31)20(26,27)21(28,29)38(33,34)32-18(19(23,24)25)15-8-6-5-7-9-15/h5-13H,4H2,1-3H3/b32-18-. The van der Waals surface area contributed by atoms with E-state index in [-0.39, 0.29) is 11.5 Å². The van der Waals surface area contributed by atoms with Crippen LogP contribution in [0.25, 0.3) is 0 Å². The molecule has 0 radical (unpaired) electrons. The number of alkyl halides is 9. The van der Waals surface area contributed by atoms with Gasteiger partial charge in [-0.05, 0) is 42.5 Å². The van der Waals surface area contributed by atoms with Crippen LogP contribution in [0.15, 0.2) is 52.9 Å². The van der Waals surface area contributed by atoms with E-state index in [1.807, 2.05) is 0 Å². The van der Waals surface area contributed by atoms with E-state index in [9.17, 15) is 56.3 Å². The van der Waals surface area contributed by atoms with Crippen molar-refractivity contribution in [2.45, 2.75) is 55.7 Å². The number of rotatable bonds is 10. The average molecular weight is 614 g/mol. The molecule has 2 aromatic carbocycles. The molecule has 0 saturated carbocycles. The number of hydrogen-bond donors (Lipinski definition) is 0. The molecule has 0 N–H and O–H groups in total. The summed E-state index contributed by atoms with van der Waals surface area (Å²) in [7, 11) is -14.6. The fraction of sp³-hybridized carbons (Fsp3) is 0.409. The van der Waals surface area contributed by atoms with Crippen molar-refractivity contribution in [3.8, 4) is 5.75 Å². The molecule has 0 bridgehead atoms. The summed E-state index contributed by atoms with van der Waals surface area (Å²) in [4.78, 5) is 0. The van der Waals surface area contributed by atoms with Crippen LogP contribution >= 0.6 is 0 Å². The maximum atomic E-state index is 14.5. The van der Waals surface area contributed by atoms with Gasteiger partial charge >= 0.3 is 42.7 Å². The van der Waals surface area contributed by atoms with Gasteiger partial charge in [0.1, 0.15) is 5.75 Å². The van der Waals surface area contributed by atoms with E-state index in [0.717, 1.165) is 30.3 Å². The van der Waals surface area contributed by atoms with Crippen LogP contribution in [0.4, 0.5) is 39.5 Å². The first kappa shape index (κ1) is 32.4. The molecule has 6 nitrogen and oxygen atoms in total. The Balaban J connectivity index is 2.57. The van der Waals surface area contributed by atoms with Crippen LogP contribution in [0.1, 0.15) is 42.9 Å². The highest BCUT2D eigenvalue weighted by Gasteiger charge is 2.83. The maximum Gasteiger partial charge on any atom is 0.450 e. The number of nitrogens with zero attached hydrogens (tertiary/aromatic N) is 1. The molecule has 0 aliphatic rings. The summed E-state index contributed by atoms with van der Waals surface area (Å²) in [6, 6.07) is 6.76. The monoisotopic (exact) mass is 613 g/mol. The van der Waals surface area contributed by atoms with Crippen LogP contribution in [0.3, 0.4) is 0 Å². The summed E-state index contributed by atoms with van der Waals surface area (Å²) in [5.41, 5.74) is -2.98. The highest BCUT2D eigenvalue weighted by atomic mass is 32.2. The Morgan fingerprint density at radius 2 is 1.41 bits per heavy atom. The summed E-state index contributed by atoms with van der Waals surface area (Å²) in [5.74, 6) is -8.47. The van der Waals surface area contributed by atoms with Gasteiger partial charge in [-0.15, -0.1) is 0 Å². The lowest BCUT2D eigenvalue weighted by molar-refractivity contribution is -0.245. The molecule has 218 valence electrons. The SMILES string of the molecule is CCC(C)c1ccc(OS(=O)(=O)C(F)(F)C(F)(F)C(F)(F)S(=O)(=O)/N=C(/c2ccccc2)C(F)(F)F)cc1C. The van der Waals surface area contributed by atoms with Crippen LogP contribution in [-0.4, -0.2) is 45.2 Å². The van der Waals surface area contributed by atoms with Crippen LogP contribution in [0.5, 0.6) is 5.75 Å². The second-order valence-electron chi connectivity index (χ2n) is 8.25. The largest absolute Gasteiger partial charge is 0.450 e. The Morgan fingerprint density at radius 1 is 0.872 bits per heavy atom. The Labute approximate surface area is 217 Å². The first-order valence-electron chi connectivity index (χ1n) is 10.7. The number of hydrogen-bond acceptors (Lipinski definition) is 5. The molecular formula is C22H20F9NO5S2. The van der Waals surface area contributed by atoms with Gasteiger partial charge in [0.15, 0.2) is 5.71 Å². The molecule has 0 aliphatic carbocycles. The first-order chi connectivity index (χ1) is 17.5. The highest BCUT2D eigenvalue weighted by Crippen LogP contribution is 2.52. The summed E-state index contributed by atoms with van der Waals surface area (Å²) in [6.07, 6.45) is -5.24. The summed E-state index contributed by atoms with van der Waals surface area (Å²) >= 11 is 0. The zero-order valence-corrected chi connectivity index (χ0v) is 21.7. The maximum absolute atomic E-state index is 14.5. The lowest BCUT2D eigenvalue weighted by Crippen LogP contribution is -2.61. The second kappa shape index (κ2) is 10.6. The third-order valence-corrected chi connectivity index (χ3v) is 8.11. The summed E-state index contributed by atoms with van der Waals surface area (Å²) in [6.45, 7) is 4.93. The quantitative estimate of drug-likeness (QED) is 0.175. The van der Waals surface area contributed by atoms with Crippen molar-refractivity contribution in [1.29, 1.82) is 0 Å². The molecule has 1 atom stereocenters. The molecule has 0 aromatic heterocycles. The van der Waals surface area contributed by atoms with Gasteiger partial charge in [-0.1, -0.05) is 50.2 Å². The molecule has 17 heteroatoms. The van der Waals surface area contributed by atoms with Crippen molar-refractivity contribution >= 4 is 25.9 Å². The van der Waals surface area contributed by atoms with Crippen molar-refractivity contribution in [1.82, 2.24) is 0 Å². The molecular weight excluding hydrogens is 593 g/mol. The number of aryl methyl sites for hydroxylation is 1. The predicted molar refractivity (Wildman–Crippen MR) is 122 cm³/mol. The highest BCUT2D eigenvalue weighted by molar-refractivity contribution is 7.91. The predicted octanol–water partition coefficient (Wildman–Crippen LogP) is 6.42. The van der Waals surface area contributed by atoms with Crippen LogP contribution in [0, 0.1) is 6.92 Å².